The number of halogens is 2. The summed E-state index contributed by atoms with van der Waals surface area (Å²) in [6.07, 6.45) is 1.56. The van der Waals surface area contributed by atoms with Crippen LogP contribution in [0.25, 0.3) is 77.2 Å². The summed E-state index contributed by atoms with van der Waals surface area (Å²) >= 11 is 0. The Labute approximate surface area is 535 Å². The number of phenolic OH excluding ortho intramolecular Hbond substituents is 2. The predicted molar refractivity (Wildman–Crippen MR) is 376 cm³/mol. The third-order valence-electron chi connectivity index (χ3n) is 18.2. The van der Waals surface area contributed by atoms with Gasteiger partial charge in [-0.3, -0.25) is 0 Å². The number of phenols is 2. The molecule has 474 valence electrons. The van der Waals surface area contributed by atoms with Crippen LogP contribution in [0.5, 0.6) is 23.0 Å². The highest BCUT2D eigenvalue weighted by molar-refractivity contribution is 6.12. The second-order valence-corrected chi connectivity index (χ2v) is 33.6. The molecule has 0 aliphatic carbocycles. The maximum Gasteiger partial charge on any atom is 0.151 e. The van der Waals surface area contributed by atoms with Crippen molar-refractivity contribution >= 4 is 43.6 Å². The number of hydrogen-bond donors (Lipinski definition) is 2. The second kappa shape index (κ2) is 22.7. The van der Waals surface area contributed by atoms with Gasteiger partial charge in [0.15, 0.2) is 11.5 Å². The van der Waals surface area contributed by atoms with E-state index in [4.69, 9.17) is 9.47 Å². The van der Waals surface area contributed by atoms with Gasteiger partial charge in [-0.05, 0) is 187 Å². The van der Waals surface area contributed by atoms with Crippen molar-refractivity contribution in [1.29, 1.82) is 0 Å². The topological polar surface area (TPSA) is 68.8 Å². The number of nitrogens with zero attached hydrogens (tertiary/aromatic N) is 2. The van der Waals surface area contributed by atoms with Crippen molar-refractivity contribution in [3.63, 3.8) is 0 Å². The highest BCUT2D eigenvalue weighted by Crippen LogP contribution is 2.53. The van der Waals surface area contributed by atoms with E-state index in [0.717, 1.165) is 67.6 Å². The van der Waals surface area contributed by atoms with E-state index in [0.29, 0.717) is 45.1 Å². The fraction of sp³-hybridized carbons (Fsp3) is 0.415. The molecule has 90 heavy (non-hydrogen) atoms. The molecule has 2 heterocycles. The van der Waals surface area contributed by atoms with E-state index in [9.17, 15) is 10.2 Å². The van der Waals surface area contributed by atoms with Crippen LogP contribution in [-0.4, -0.2) is 32.6 Å². The molecule has 10 aromatic rings. The Kier molecular flexibility index (Phi) is 16.5. The molecular formula is C82H98F2N2O4. The largest absolute Gasteiger partial charge is 0.505 e. The van der Waals surface area contributed by atoms with Crippen molar-refractivity contribution in [3.8, 4) is 56.6 Å². The lowest BCUT2D eigenvalue weighted by Crippen LogP contribution is -2.26. The Balaban J connectivity index is 1.16. The average molecular weight is 1210 g/mol. The number of hydrogen-bond acceptors (Lipinski definition) is 4. The Bertz CT molecular complexity index is 4270. The first-order valence-electron chi connectivity index (χ1n) is 32.3. The van der Waals surface area contributed by atoms with Gasteiger partial charge >= 0.3 is 0 Å². The highest BCUT2D eigenvalue weighted by Gasteiger charge is 2.37. The summed E-state index contributed by atoms with van der Waals surface area (Å²) in [5.74, 6) is -0.119. The zero-order valence-corrected chi connectivity index (χ0v) is 57.9. The molecular weight excluding hydrogens is 1110 g/mol. The molecule has 2 aromatic heterocycles. The number of aromatic nitrogens is 2. The smallest absolute Gasteiger partial charge is 0.151 e. The maximum atomic E-state index is 16.2. The summed E-state index contributed by atoms with van der Waals surface area (Å²) < 4.78 is 50.1. The van der Waals surface area contributed by atoms with Crippen molar-refractivity contribution in [2.24, 2.45) is 10.8 Å². The Morgan fingerprint density at radius 3 is 1.26 bits per heavy atom. The van der Waals surface area contributed by atoms with E-state index in [1.165, 1.54) is 46.5 Å². The highest BCUT2D eigenvalue weighted by atomic mass is 19.1. The summed E-state index contributed by atoms with van der Waals surface area (Å²) in [6.45, 7) is 49.0. The van der Waals surface area contributed by atoms with Gasteiger partial charge in [-0.1, -0.05) is 189 Å². The summed E-state index contributed by atoms with van der Waals surface area (Å²) in [5, 5.41) is 30.7. The SMILES string of the molecule is CC(C)(C)CC(C)(C)c1cc(-c2cc(F)ccc2OCCOc2c(C(C)(C)CC(C)(C)C)cc(-c3cccc(F)c3)c(O)c2-n2c3ccc(C(C)(C)C)cc3c3cc(C(C)(C)C)ccc32)c(O)c(-n2c3ccc(C(C)(C)C)cc3c3cc(C(C)(C)C)ccc32)c1. The van der Waals surface area contributed by atoms with Gasteiger partial charge < -0.3 is 28.8 Å². The quantitative estimate of drug-likeness (QED) is 0.113. The minimum absolute atomic E-state index is 0.00258. The molecule has 8 aromatic carbocycles. The van der Waals surface area contributed by atoms with Crippen LogP contribution in [-0.2, 0) is 32.5 Å². The minimum atomic E-state index is -0.568. The molecule has 0 bridgehead atoms. The van der Waals surface area contributed by atoms with Crippen molar-refractivity contribution in [1.82, 2.24) is 9.13 Å². The Hall–Kier alpha value is -7.58. The molecule has 0 radical (unpaired) electrons. The lowest BCUT2D eigenvalue weighted by atomic mass is 9.71. The summed E-state index contributed by atoms with van der Waals surface area (Å²) in [4.78, 5) is 0. The van der Waals surface area contributed by atoms with Crippen LogP contribution in [0.2, 0.25) is 0 Å². The van der Waals surface area contributed by atoms with Crippen LogP contribution >= 0.6 is 0 Å². The van der Waals surface area contributed by atoms with Crippen LogP contribution in [0.1, 0.15) is 199 Å². The van der Waals surface area contributed by atoms with Gasteiger partial charge in [0.2, 0.25) is 0 Å². The van der Waals surface area contributed by atoms with Gasteiger partial charge in [-0.2, -0.15) is 0 Å². The lowest BCUT2D eigenvalue weighted by molar-refractivity contribution is 0.210. The molecule has 0 unspecified atom stereocenters. The fourth-order valence-electron chi connectivity index (χ4n) is 14.2. The number of fused-ring (bicyclic) bond motifs is 6. The molecule has 10 rings (SSSR count). The Morgan fingerprint density at radius 2 is 0.811 bits per heavy atom. The van der Waals surface area contributed by atoms with Crippen molar-refractivity contribution in [2.45, 2.75) is 198 Å². The zero-order valence-electron chi connectivity index (χ0n) is 57.9. The first-order valence-corrected chi connectivity index (χ1v) is 32.3. The predicted octanol–water partition coefficient (Wildman–Crippen LogP) is 23.0. The molecule has 0 aliphatic rings. The number of benzene rings is 8. The molecule has 0 fully saturated rings. The van der Waals surface area contributed by atoms with Gasteiger partial charge in [0, 0.05) is 43.8 Å². The van der Waals surface area contributed by atoms with Crippen LogP contribution < -0.4 is 9.47 Å². The molecule has 0 spiro atoms. The van der Waals surface area contributed by atoms with Crippen molar-refractivity contribution in [3.05, 3.63) is 178 Å². The van der Waals surface area contributed by atoms with E-state index >= 15 is 8.78 Å². The van der Waals surface area contributed by atoms with Crippen molar-refractivity contribution in [2.75, 3.05) is 13.2 Å². The molecule has 0 saturated carbocycles. The Morgan fingerprint density at radius 1 is 0.378 bits per heavy atom. The van der Waals surface area contributed by atoms with Crippen LogP contribution in [0.4, 0.5) is 8.78 Å². The van der Waals surface area contributed by atoms with E-state index < -0.39 is 22.5 Å². The van der Waals surface area contributed by atoms with E-state index in [1.54, 1.807) is 12.1 Å². The standard InChI is InChI=1S/C82H98F2N2O4/c1-75(2,3)47-81(19,20)54-43-63(72(87)69(44-54)85-65-31-26-50(77(7,8)9)39-58(65)59-40-51(78(10,11)12)27-32-66(59)85)62-45-56(84)30-35-70(62)89-36-37-90-74-64(82(21,22)48-76(4,5)6)46-57(49-24-23-25-55(83)38-49)73(88)71(74)86-67-33-28-52(79(13,14)15)41-60(67)61-42-53(80(16,17)18)29-34-68(61)86/h23-35,38-46,87-88H,36-37,47-48H2,1-22H3. The molecule has 2 N–H and O–H groups in total. The van der Waals surface area contributed by atoms with E-state index in [1.807, 2.05) is 18.2 Å². The van der Waals surface area contributed by atoms with Gasteiger partial charge in [0.1, 0.15) is 42.0 Å². The normalized spacial score (nSPS) is 13.4. The lowest BCUT2D eigenvalue weighted by Gasteiger charge is -2.35. The second-order valence-electron chi connectivity index (χ2n) is 33.6. The molecule has 0 saturated heterocycles. The average Bonchev–Trinajstić information content (AvgIpc) is 1.51. The third kappa shape index (κ3) is 12.9. The van der Waals surface area contributed by atoms with Crippen LogP contribution in [0.15, 0.2) is 133 Å². The van der Waals surface area contributed by atoms with Crippen molar-refractivity contribution < 1.29 is 28.5 Å². The minimum Gasteiger partial charge on any atom is -0.505 e. The van der Waals surface area contributed by atoms with Gasteiger partial charge in [-0.15, -0.1) is 0 Å². The molecule has 0 amide bonds. The fourth-order valence-corrected chi connectivity index (χ4v) is 14.2. The number of aromatic hydroxyl groups is 2. The third-order valence-corrected chi connectivity index (χ3v) is 18.2. The van der Waals surface area contributed by atoms with Crippen LogP contribution in [0, 0.1) is 22.5 Å². The zero-order chi connectivity index (χ0) is 66.0. The summed E-state index contributed by atoms with van der Waals surface area (Å²) in [5.41, 5.74) is 11.4. The maximum absolute atomic E-state index is 16.2. The number of ether oxygens (including phenoxy) is 2. The monoisotopic (exact) mass is 1210 g/mol. The summed E-state index contributed by atoms with van der Waals surface area (Å²) in [7, 11) is 0. The van der Waals surface area contributed by atoms with Gasteiger partial charge in [0.25, 0.3) is 0 Å². The van der Waals surface area contributed by atoms with E-state index in [2.05, 4.69) is 240 Å². The van der Waals surface area contributed by atoms with E-state index in [-0.39, 0.29) is 57.2 Å². The molecule has 6 nitrogen and oxygen atoms in total. The summed E-state index contributed by atoms with van der Waals surface area (Å²) in [6, 6.07) is 43.6. The first kappa shape index (κ1) is 65.4. The molecule has 8 heteroatoms. The van der Waals surface area contributed by atoms with Gasteiger partial charge in [0.05, 0.1) is 27.8 Å². The van der Waals surface area contributed by atoms with Crippen LogP contribution in [0.3, 0.4) is 0 Å². The first-order chi connectivity index (χ1) is 41.5. The van der Waals surface area contributed by atoms with Gasteiger partial charge in [-0.25, -0.2) is 8.78 Å². The molecule has 0 atom stereocenters. The molecule has 0 aliphatic heterocycles. The number of rotatable bonds is 13.